The zero-order valence-electron chi connectivity index (χ0n) is 10.5. The molecule has 102 valence electrons. The van der Waals surface area contributed by atoms with Gasteiger partial charge >= 0.3 is 0 Å². The van der Waals surface area contributed by atoms with Gasteiger partial charge in [-0.2, -0.15) is 0 Å². The average Bonchev–Trinajstić information content (AvgIpc) is 2.50. The van der Waals surface area contributed by atoms with Gasteiger partial charge in [0.2, 0.25) is 11.8 Å². The van der Waals surface area contributed by atoms with Crippen LogP contribution in [0.1, 0.15) is 19.8 Å². The molecule has 0 aliphatic carbocycles. The smallest absolute Gasteiger partial charge is 0.249 e. The fourth-order valence-electron chi connectivity index (χ4n) is 2.06. The van der Waals surface area contributed by atoms with Gasteiger partial charge in [0, 0.05) is 13.0 Å². The first-order valence-corrected chi connectivity index (χ1v) is 6.46. The molecule has 1 fully saturated rings. The molecule has 0 saturated carbocycles. The highest BCUT2D eigenvalue weighted by Crippen LogP contribution is 2.28. The number of benzene rings is 1. The first-order chi connectivity index (χ1) is 9.02. The highest BCUT2D eigenvalue weighted by molar-refractivity contribution is 6.33. The van der Waals surface area contributed by atoms with Gasteiger partial charge in [0.15, 0.2) is 0 Å². The van der Waals surface area contributed by atoms with Crippen LogP contribution in [0.5, 0.6) is 0 Å². The Bertz CT molecular complexity index is 521. The van der Waals surface area contributed by atoms with Crippen LogP contribution in [0.4, 0.5) is 10.1 Å². The monoisotopic (exact) mass is 284 g/mol. The van der Waals surface area contributed by atoms with E-state index in [1.165, 1.54) is 17.0 Å². The van der Waals surface area contributed by atoms with E-state index >= 15 is 0 Å². The van der Waals surface area contributed by atoms with Crippen LogP contribution in [0.2, 0.25) is 5.02 Å². The number of anilines is 1. The molecule has 1 aliphatic rings. The van der Waals surface area contributed by atoms with Gasteiger partial charge in [-0.15, -0.1) is 0 Å². The van der Waals surface area contributed by atoms with Crippen molar-refractivity contribution < 1.29 is 14.0 Å². The Morgan fingerprint density at radius 2 is 2.21 bits per heavy atom. The lowest BCUT2D eigenvalue weighted by molar-refractivity contribution is -0.125. The van der Waals surface area contributed by atoms with Gasteiger partial charge in [-0.25, -0.2) is 4.39 Å². The Morgan fingerprint density at radius 3 is 2.84 bits per heavy atom. The van der Waals surface area contributed by atoms with E-state index in [9.17, 15) is 14.0 Å². The van der Waals surface area contributed by atoms with Crippen LogP contribution in [0.3, 0.4) is 0 Å². The molecular weight excluding hydrogens is 271 g/mol. The second-order valence-electron chi connectivity index (χ2n) is 4.36. The predicted molar refractivity (Wildman–Crippen MR) is 70.6 cm³/mol. The number of amides is 2. The van der Waals surface area contributed by atoms with E-state index in [4.69, 9.17) is 11.6 Å². The molecule has 0 aromatic heterocycles. The molecule has 0 spiro atoms. The number of carbonyl (C=O) groups excluding carboxylic acids is 2. The first-order valence-electron chi connectivity index (χ1n) is 6.08. The quantitative estimate of drug-likeness (QED) is 0.904. The molecule has 6 heteroatoms. The Balaban J connectivity index is 2.36. The van der Waals surface area contributed by atoms with Crippen LogP contribution in [0.15, 0.2) is 18.2 Å². The Kier molecular flexibility index (Phi) is 4.04. The summed E-state index contributed by atoms with van der Waals surface area (Å²) in [6, 6.07) is 3.30. The molecule has 4 nitrogen and oxygen atoms in total. The standard InChI is InChI=1S/C13H14ClFN2O2/c1-2-10-13(19)17(6-5-12(18)16-10)11-4-3-8(15)7-9(11)14/h3-4,7,10H,2,5-6H2,1H3,(H,16,18). The third-order valence-electron chi connectivity index (χ3n) is 3.07. The molecule has 1 aromatic rings. The maximum absolute atomic E-state index is 13.0. The van der Waals surface area contributed by atoms with Crippen molar-refractivity contribution in [1.82, 2.24) is 5.32 Å². The molecule has 1 heterocycles. The SMILES string of the molecule is CCC1NC(=O)CCN(c2ccc(F)cc2Cl)C1=O. The van der Waals surface area contributed by atoms with Gasteiger partial charge in [0.05, 0.1) is 10.7 Å². The van der Waals surface area contributed by atoms with E-state index in [0.29, 0.717) is 12.1 Å². The third kappa shape index (κ3) is 2.87. The molecule has 1 saturated heterocycles. The summed E-state index contributed by atoms with van der Waals surface area (Å²) in [6.45, 7) is 2.06. The van der Waals surface area contributed by atoms with E-state index in [1.807, 2.05) is 6.92 Å². The lowest BCUT2D eigenvalue weighted by Crippen LogP contribution is -2.44. The molecule has 1 atom stereocenters. The molecule has 19 heavy (non-hydrogen) atoms. The van der Waals surface area contributed by atoms with E-state index < -0.39 is 11.9 Å². The van der Waals surface area contributed by atoms with E-state index in [2.05, 4.69) is 5.32 Å². The van der Waals surface area contributed by atoms with Crippen LogP contribution in [0, 0.1) is 5.82 Å². The predicted octanol–water partition coefficient (Wildman–Crippen LogP) is 2.11. The van der Waals surface area contributed by atoms with Gasteiger partial charge in [-0.05, 0) is 24.6 Å². The zero-order chi connectivity index (χ0) is 14.0. The summed E-state index contributed by atoms with van der Waals surface area (Å²) < 4.78 is 13.0. The number of halogens is 2. The molecule has 0 radical (unpaired) electrons. The number of carbonyl (C=O) groups is 2. The fourth-order valence-corrected chi connectivity index (χ4v) is 2.33. The minimum Gasteiger partial charge on any atom is -0.344 e. The van der Waals surface area contributed by atoms with E-state index in [1.54, 1.807) is 0 Å². The van der Waals surface area contributed by atoms with Crippen molar-refractivity contribution in [2.24, 2.45) is 0 Å². The number of nitrogens with one attached hydrogen (secondary N) is 1. The fraction of sp³-hybridized carbons (Fsp3) is 0.385. The maximum Gasteiger partial charge on any atom is 0.249 e. The average molecular weight is 285 g/mol. The Morgan fingerprint density at radius 1 is 1.47 bits per heavy atom. The summed E-state index contributed by atoms with van der Waals surface area (Å²) in [5, 5.41) is 2.83. The summed E-state index contributed by atoms with van der Waals surface area (Å²) in [6.07, 6.45) is 0.704. The van der Waals surface area contributed by atoms with Crippen molar-refractivity contribution in [3.63, 3.8) is 0 Å². The molecule has 1 unspecified atom stereocenters. The van der Waals surface area contributed by atoms with Gasteiger partial charge in [0.25, 0.3) is 0 Å². The van der Waals surface area contributed by atoms with Gasteiger partial charge in [0.1, 0.15) is 11.9 Å². The zero-order valence-corrected chi connectivity index (χ0v) is 11.2. The minimum absolute atomic E-state index is 0.164. The van der Waals surface area contributed by atoms with Crippen molar-refractivity contribution in [3.8, 4) is 0 Å². The van der Waals surface area contributed by atoms with Crippen LogP contribution in [-0.4, -0.2) is 24.4 Å². The number of hydrogen-bond donors (Lipinski definition) is 1. The maximum atomic E-state index is 13.0. The summed E-state index contributed by atoms with van der Waals surface area (Å²) in [5.41, 5.74) is 0.433. The van der Waals surface area contributed by atoms with Crippen LogP contribution in [0.25, 0.3) is 0 Å². The largest absolute Gasteiger partial charge is 0.344 e. The van der Waals surface area contributed by atoms with Gasteiger partial charge in [-0.1, -0.05) is 18.5 Å². The number of nitrogens with zero attached hydrogens (tertiary/aromatic N) is 1. The molecule has 2 rings (SSSR count). The van der Waals surface area contributed by atoms with Crippen molar-refractivity contribution in [1.29, 1.82) is 0 Å². The summed E-state index contributed by atoms with van der Waals surface area (Å²) in [7, 11) is 0. The first kappa shape index (κ1) is 13.8. The summed E-state index contributed by atoms with van der Waals surface area (Å²) >= 11 is 5.97. The van der Waals surface area contributed by atoms with Crippen LogP contribution < -0.4 is 10.2 Å². The van der Waals surface area contributed by atoms with Crippen molar-refractivity contribution in [3.05, 3.63) is 29.0 Å². The third-order valence-corrected chi connectivity index (χ3v) is 3.37. The molecule has 1 N–H and O–H groups in total. The Hall–Kier alpha value is -1.62. The van der Waals surface area contributed by atoms with E-state index in [-0.39, 0.29) is 29.8 Å². The highest BCUT2D eigenvalue weighted by Gasteiger charge is 2.30. The Labute approximate surface area is 115 Å². The molecule has 1 aliphatic heterocycles. The summed E-state index contributed by atoms with van der Waals surface area (Å²) in [4.78, 5) is 25.3. The normalized spacial score (nSPS) is 20.2. The van der Waals surface area contributed by atoms with E-state index in [0.717, 1.165) is 6.07 Å². The number of rotatable bonds is 2. The second-order valence-corrected chi connectivity index (χ2v) is 4.77. The van der Waals surface area contributed by atoms with Gasteiger partial charge < -0.3 is 10.2 Å². The molecule has 0 bridgehead atoms. The van der Waals surface area contributed by atoms with Crippen LogP contribution >= 0.6 is 11.6 Å². The lowest BCUT2D eigenvalue weighted by Gasteiger charge is -2.24. The topological polar surface area (TPSA) is 49.4 Å². The molecular formula is C13H14ClFN2O2. The minimum atomic E-state index is -0.559. The number of hydrogen-bond acceptors (Lipinski definition) is 2. The van der Waals surface area contributed by atoms with Gasteiger partial charge in [-0.3, -0.25) is 9.59 Å². The van der Waals surface area contributed by atoms with Crippen molar-refractivity contribution in [2.45, 2.75) is 25.8 Å². The second kappa shape index (κ2) is 5.57. The highest BCUT2D eigenvalue weighted by atomic mass is 35.5. The molecule has 2 amide bonds. The van der Waals surface area contributed by atoms with Crippen LogP contribution in [-0.2, 0) is 9.59 Å². The van der Waals surface area contributed by atoms with Crippen molar-refractivity contribution >= 4 is 29.1 Å². The summed E-state index contributed by atoms with van der Waals surface area (Å²) in [5.74, 6) is -0.847. The lowest BCUT2D eigenvalue weighted by atomic mass is 10.2. The van der Waals surface area contributed by atoms with Crippen molar-refractivity contribution in [2.75, 3.05) is 11.4 Å². The molecule has 1 aromatic carbocycles.